The molecule has 10 nitrogen and oxygen atoms in total. The van der Waals surface area contributed by atoms with E-state index in [9.17, 15) is 8.42 Å². The summed E-state index contributed by atoms with van der Waals surface area (Å²) >= 11 is 1.54. The van der Waals surface area contributed by atoms with Gasteiger partial charge in [-0.15, -0.1) is 21.5 Å². The summed E-state index contributed by atoms with van der Waals surface area (Å²) in [6.45, 7) is 3.29. The number of aryl methyl sites for hydroxylation is 3. The number of methoxy groups -OCH3 is 1. The minimum absolute atomic E-state index is 0.0395. The molecular formula is C34H35N5O5S2. The number of benzene rings is 1. The van der Waals surface area contributed by atoms with Gasteiger partial charge < -0.3 is 19.2 Å². The molecule has 1 aliphatic carbocycles. The molecule has 6 heterocycles. The molecule has 1 unspecified atom stereocenters. The normalized spacial score (nSPS) is 19.0. The van der Waals surface area contributed by atoms with Crippen LogP contribution in [0.3, 0.4) is 0 Å². The zero-order valence-electron chi connectivity index (χ0n) is 25.8. The largest absolute Gasteiger partial charge is 0.496 e. The van der Waals surface area contributed by atoms with E-state index in [0.717, 1.165) is 77.5 Å². The van der Waals surface area contributed by atoms with Crippen molar-refractivity contribution in [1.29, 1.82) is 0 Å². The fourth-order valence-electron chi connectivity index (χ4n) is 7.25. The highest BCUT2D eigenvalue weighted by Gasteiger charge is 2.37. The molecule has 0 amide bonds. The zero-order chi connectivity index (χ0) is 31.4. The summed E-state index contributed by atoms with van der Waals surface area (Å²) < 4.78 is 45.6. The van der Waals surface area contributed by atoms with Crippen LogP contribution in [0.2, 0.25) is 0 Å². The van der Waals surface area contributed by atoms with E-state index in [0.29, 0.717) is 52.3 Å². The number of sulfone groups is 1. The first kappa shape index (κ1) is 29.5. The molecule has 0 spiro atoms. The number of ether oxygens (including phenoxy) is 2. The van der Waals surface area contributed by atoms with E-state index >= 15 is 0 Å². The van der Waals surface area contributed by atoms with Gasteiger partial charge in [-0.25, -0.2) is 13.4 Å². The summed E-state index contributed by atoms with van der Waals surface area (Å²) in [6, 6.07) is 10.3. The lowest BCUT2D eigenvalue weighted by Gasteiger charge is -2.22. The Kier molecular flexibility index (Phi) is 7.53. The fraction of sp³-hybridized carbons (Fsp3) is 0.412. The van der Waals surface area contributed by atoms with Crippen LogP contribution in [-0.4, -0.2) is 54.7 Å². The standard InChI is InChI=1S/C34H35N5O5S2/c1-19-38-39-34(44-19)29-25(8-6-20-11-15-43-16-12-20)36-26-13-17-46(40,41)32(26)30(29)28-18-21-10-14-35-33(31(21)45-28)37-24-9-7-23-22(24)4-3-5-27(23)42-2/h3-5,10,14,18,20,24H,6-9,11-13,15-17H2,1-2H3,(H,35,37). The maximum absolute atomic E-state index is 13.7. The number of rotatable bonds is 8. The minimum atomic E-state index is -3.57. The molecular weight excluding hydrogens is 623 g/mol. The third-order valence-electron chi connectivity index (χ3n) is 9.52. The molecule has 1 aromatic carbocycles. The molecule has 0 radical (unpaired) electrons. The quantitative estimate of drug-likeness (QED) is 0.197. The maximum Gasteiger partial charge on any atom is 0.250 e. The first-order valence-corrected chi connectivity index (χ1v) is 18.3. The molecule has 46 heavy (non-hydrogen) atoms. The lowest BCUT2D eigenvalue weighted by atomic mass is 9.91. The molecule has 1 N–H and O–H groups in total. The van der Waals surface area contributed by atoms with Gasteiger partial charge in [0.05, 0.1) is 45.5 Å². The van der Waals surface area contributed by atoms with Gasteiger partial charge in [0.2, 0.25) is 11.8 Å². The molecule has 4 aromatic heterocycles. The third kappa shape index (κ3) is 5.16. The molecule has 3 aliphatic rings. The molecule has 1 fully saturated rings. The summed E-state index contributed by atoms with van der Waals surface area (Å²) in [7, 11) is -1.86. The average molecular weight is 658 g/mol. The van der Waals surface area contributed by atoms with Crippen LogP contribution in [0.5, 0.6) is 5.75 Å². The molecule has 0 bridgehead atoms. The number of aromatic nitrogens is 4. The van der Waals surface area contributed by atoms with Gasteiger partial charge in [0.1, 0.15) is 11.6 Å². The van der Waals surface area contributed by atoms with Crippen LogP contribution in [0.25, 0.3) is 32.0 Å². The Hall–Kier alpha value is -3.87. The number of hydrogen-bond acceptors (Lipinski definition) is 11. The van der Waals surface area contributed by atoms with E-state index in [-0.39, 0.29) is 11.8 Å². The van der Waals surface area contributed by atoms with Crippen LogP contribution < -0.4 is 10.1 Å². The molecule has 8 rings (SSSR count). The van der Waals surface area contributed by atoms with Crippen molar-refractivity contribution >= 4 is 37.1 Å². The highest BCUT2D eigenvalue weighted by atomic mass is 32.2. The topological polar surface area (TPSA) is 129 Å². The number of thiophene rings is 1. The lowest BCUT2D eigenvalue weighted by Crippen LogP contribution is -2.16. The van der Waals surface area contributed by atoms with Gasteiger partial charge >= 0.3 is 0 Å². The summed E-state index contributed by atoms with van der Waals surface area (Å²) in [5.74, 6) is 2.97. The summed E-state index contributed by atoms with van der Waals surface area (Å²) in [4.78, 5) is 10.9. The molecule has 1 saturated heterocycles. The van der Waals surface area contributed by atoms with E-state index < -0.39 is 9.84 Å². The van der Waals surface area contributed by atoms with Gasteiger partial charge in [-0.3, -0.25) is 4.98 Å². The van der Waals surface area contributed by atoms with Crippen LogP contribution in [0, 0.1) is 12.8 Å². The van der Waals surface area contributed by atoms with Gasteiger partial charge in [-0.2, -0.15) is 0 Å². The number of nitrogens with one attached hydrogen (secondary N) is 1. The molecule has 12 heteroatoms. The Labute approximate surface area is 271 Å². The Morgan fingerprint density at radius 3 is 2.76 bits per heavy atom. The van der Waals surface area contributed by atoms with Crippen molar-refractivity contribution in [2.24, 2.45) is 5.92 Å². The SMILES string of the molecule is COc1cccc2c1CCC2Nc1nccc2cc(-c3c(-c4nnc(C)o4)c(CCC4CCOCC4)nc4c3S(=O)(=O)CC4)sc12. The van der Waals surface area contributed by atoms with E-state index in [1.54, 1.807) is 20.2 Å². The van der Waals surface area contributed by atoms with Gasteiger partial charge in [0.25, 0.3) is 0 Å². The van der Waals surface area contributed by atoms with Gasteiger partial charge in [0.15, 0.2) is 9.84 Å². The highest BCUT2D eigenvalue weighted by Crippen LogP contribution is 2.48. The number of hydrogen-bond donors (Lipinski definition) is 1. The summed E-state index contributed by atoms with van der Waals surface area (Å²) in [6.07, 6.45) is 7.69. The van der Waals surface area contributed by atoms with E-state index in [1.165, 1.54) is 22.5 Å². The van der Waals surface area contributed by atoms with Gasteiger partial charge in [0, 0.05) is 43.2 Å². The van der Waals surface area contributed by atoms with Crippen LogP contribution in [0.15, 0.2) is 45.8 Å². The minimum Gasteiger partial charge on any atom is -0.496 e. The Bertz CT molecular complexity index is 2070. The number of nitrogens with zero attached hydrogens (tertiary/aromatic N) is 4. The predicted molar refractivity (Wildman–Crippen MR) is 176 cm³/mol. The van der Waals surface area contributed by atoms with Crippen molar-refractivity contribution in [3.63, 3.8) is 0 Å². The van der Waals surface area contributed by atoms with Crippen LogP contribution >= 0.6 is 11.3 Å². The summed E-state index contributed by atoms with van der Waals surface area (Å²) in [5, 5.41) is 13.2. The van der Waals surface area contributed by atoms with Crippen molar-refractivity contribution in [2.75, 3.05) is 31.4 Å². The second-order valence-corrected chi connectivity index (χ2v) is 15.4. The van der Waals surface area contributed by atoms with Crippen molar-refractivity contribution in [1.82, 2.24) is 20.2 Å². The number of anilines is 1. The Morgan fingerprint density at radius 1 is 1.09 bits per heavy atom. The molecule has 0 saturated carbocycles. The zero-order valence-corrected chi connectivity index (χ0v) is 27.5. The molecule has 5 aromatic rings. The first-order valence-electron chi connectivity index (χ1n) is 15.9. The lowest BCUT2D eigenvalue weighted by molar-refractivity contribution is 0.0639. The van der Waals surface area contributed by atoms with Crippen molar-refractivity contribution in [3.8, 4) is 27.6 Å². The third-order valence-corrected chi connectivity index (χ3v) is 12.5. The molecule has 1 atom stereocenters. The molecule has 2 aliphatic heterocycles. The van der Waals surface area contributed by atoms with Crippen molar-refractivity contribution in [2.45, 2.75) is 62.8 Å². The average Bonchev–Trinajstić information content (AvgIpc) is 3.86. The first-order chi connectivity index (χ1) is 22.4. The highest BCUT2D eigenvalue weighted by molar-refractivity contribution is 7.91. The number of pyridine rings is 2. The van der Waals surface area contributed by atoms with Gasteiger partial charge in [-0.05, 0) is 79.2 Å². The fourth-order valence-corrected chi connectivity index (χ4v) is 10.2. The monoisotopic (exact) mass is 657 g/mol. The number of fused-ring (bicyclic) bond motifs is 3. The second kappa shape index (κ2) is 11.7. The van der Waals surface area contributed by atoms with Crippen molar-refractivity contribution < 1.29 is 22.3 Å². The van der Waals surface area contributed by atoms with E-state index in [1.807, 2.05) is 18.2 Å². The molecule has 238 valence electrons. The maximum atomic E-state index is 13.7. The van der Waals surface area contributed by atoms with Gasteiger partial charge in [-0.1, -0.05) is 12.1 Å². The van der Waals surface area contributed by atoms with Crippen molar-refractivity contribution in [3.05, 3.63) is 64.9 Å². The van der Waals surface area contributed by atoms with Crippen LogP contribution in [0.1, 0.15) is 60.1 Å². The van der Waals surface area contributed by atoms with Crippen LogP contribution in [-0.2, 0) is 33.8 Å². The Balaban J connectivity index is 1.26. The Morgan fingerprint density at radius 2 is 1.96 bits per heavy atom. The van der Waals surface area contributed by atoms with E-state index in [4.69, 9.17) is 23.9 Å². The van der Waals surface area contributed by atoms with E-state index in [2.05, 4.69) is 27.6 Å². The van der Waals surface area contributed by atoms with Crippen LogP contribution in [0.4, 0.5) is 5.82 Å². The predicted octanol–water partition coefficient (Wildman–Crippen LogP) is 6.51. The smallest absolute Gasteiger partial charge is 0.250 e. The summed E-state index contributed by atoms with van der Waals surface area (Å²) in [5.41, 5.74) is 5.14. The second-order valence-electron chi connectivity index (χ2n) is 12.3.